The molecule has 1 saturated heterocycles. The molecule has 20 heavy (non-hydrogen) atoms. The molecule has 1 heterocycles. The number of ether oxygens (including phenoxy) is 1. The second-order valence-corrected chi connectivity index (χ2v) is 5.88. The molecule has 0 aliphatic carbocycles. The summed E-state index contributed by atoms with van der Waals surface area (Å²) in [5.41, 5.74) is 0.626. The van der Waals surface area contributed by atoms with Crippen molar-refractivity contribution in [2.45, 2.75) is 32.4 Å². The number of hydrogen-bond donors (Lipinski definition) is 1. The van der Waals surface area contributed by atoms with Gasteiger partial charge in [0.2, 0.25) is 0 Å². The van der Waals surface area contributed by atoms with Crippen LogP contribution in [0.25, 0.3) is 0 Å². The van der Waals surface area contributed by atoms with Crippen molar-refractivity contribution >= 4 is 0 Å². The average Bonchev–Trinajstić information content (AvgIpc) is 2.41. The summed E-state index contributed by atoms with van der Waals surface area (Å²) in [6.07, 6.45) is 1.10. The van der Waals surface area contributed by atoms with E-state index in [1.807, 2.05) is 13.0 Å². The molecule has 112 valence electrons. The largest absolute Gasteiger partial charge is 0.496 e. The van der Waals surface area contributed by atoms with Crippen LogP contribution in [-0.4, -0.2) is 38.2 Å². The summed E-state index contributed by atoms with van der Waals surface area (Å²) >= 11 is 0. The van der Waals surface area contributed by atoms with Gasteiger partial charge in [0.25, 0.3) is 0 Å². The van der Waals surface area contributed by atoms with Crippen molar-refractivity contribution in [2.24, 2.45) is 5.92 Å². The quantitative estimate of drug-likeness (QED) is 0.918. The normalized spacial score (nSPS) is 25.4. The lowest BCUT2D eigenvalue weighted by Gasteiger charge is -2.37. The monoisotopic (exact) mass is 280 g/mol. The lowest BCUT2D eigenvalue weighted by atomic mass is 9.92. The summed E-state index contributed by atoms with van der Waals surface area (Å²) in [4.78, 5) is 2.34. The molecule has 1 aromatic carbocycles. The molecular weight excluding hydrogens is 255 g/mol. The third-order valence-corrected chi connectivity index (χ3v) is 4.24. The van der Waals surface area contributed by atoms with Crippen LogP contribution < -0.4 is 10.1 Å². The minimum Gasteiger partial charge on any atom is -0.496 e. The predicted molar refractivity (Wildman–Crippen MR) is 79.6 cm³/mol. The third-order valence-electron chi connectivity index (χ3n) is 4.24. The first-order valence-electron chi connectivity index (χ1n) is 7.30. The average molecular weight is 280 g/mol. The Morgan fingerprint density at radius 1 is 1.45 bits per heavy atom. The molecule has 0 radical (unpaired) electrons. The summed E-state index contributed by atoms with van der Waals surface area (Å²) in [6, 6.07) is 5.36. The maximum Gasteiger partial charge on any atom is 0.131 e. The fourth-order valence-electron chi connectivity index (χ4n) is 3.12. The van der Waals surface area contributed by atoms with Gasteiger partial charge in [-0.05, 0) is 45.0 Å². The Kier molecular flexibility index (Phi) is 5.00. The first-order chi connectivity index (χ1) is 9.52. The number of rotatable bonds is 4. The number of benzene rings is 1. The van der Waals surface area contributed by atoms with E-state index >= 15 is 0 Å². The van der Waals surface area contributed by atoms with E-state index in [4.69, 9.17) is 4.74 Å². The van der Waals surface area contributed by atoms with E-state index in [2.05, 4.69) is 24.2 Å². The van der Waals surface area contributed by atoms with Gasteiger partial charge in [-0.15, -0.1) is 0 Å². The molecule has 0 aromatic heterocycles. The van der Waals surface area contributed by atoms with Crippen LogP contribution in [0.5, 0.6) is 5.75 Å². The smallest absolute Gasteiger partial charge is 0.131 e. The van der Waals surface area contributed by atoms with Gasteiger partial charge in [-0.3, -0.25) is 0 Å². The van der Waals surface area contributed by atoms with E-state index in [0.29, 0.717) is 23.3 Å². The van der Waals surface area contributed by atoms with Crippen molar-refractivity contribution in [3.63, 3.8) is 0 Å². The van der Waals surface area contributed by atoms with Gasteiger partial charge in [-0.1, -0.05) is 13.0 Å². The molecule has 1 aromatic rings. The standard InChI is InChI=1S/C16H25FN2O/c1-11-10-19(3)9-8-14(11)18-12(2)16-13(17)6-5-7-15(16)20-4/h5-7,11-12,14,18H,8-10H2,1-4H3. The molecule has 0 bridgehead atoms. The topological polar surface area (TPSA) is 24.5 Å². The van der Waals surface area contributed by atoms with Gasteiger partial charge in [0, 0.05) is 24.2 Å². The Balaban J connectivity index is 2.10. The Labute approximate surface area is 121 Å². The Hall–Kier alpha value is -1.13. The van der Waals surface area contributed by atoms with Gasteiger partial charge in [-0.2, -0.15) is 0 Å². The van der Waals surface area contributed by atoms with Gasteiger partial charge < -0.3 is 15.0 Å². The molecule has 1 N–H and O–H groups in total. The first-order valence-corrected chi connectivity index (χ1v) is 7.30. The maximum atomic E-state index is 14.1. The van der Waals surface area contributed by atoms with E-state index in [0.717, 1.165) is 19.5 Å². The van der Waals surface area contributed by atoms with Crippen LogP contribution in [0.1, 0.15) is 31.9 Å². The summed E-state index contributed by atoms with van der Waals surface area (Å²) in [5, 5.41) is 3.57. The molecule has 2 rings (SSSR count). The highest BCUT2D eigenvalue weighted by atomic mass is 19.1. The fourth-order valence-corrected chi connectivity index (χ4v) is 3.12. The molecule has 1 aliphatic heterocycles. The first kappa shape index (κ1) is 15.3. The molecule has 4 heteroatoms. The van der Waals surface area contributed by atoms with Gasteiger partial charge >= 0.3 is 0 Å². The van der Waals surface area contributed by atoms with Gasteiger partial charge in [0.1, 0.15) is 11.6 Å². The van der Waals surface area contributed by atoms with Crippen LogP contribution in [0.15, 0.2) is 18.2 Å². The molecular formula is C16H25FN2O. The van der Waals surface area contributed by atoms with Crippen molar-refractivity contribution in [3.05, 3.63) is 29.6 Å². The molecule has 3 unspecified atom stereocenters. The van der Waals surface area contributed by atoms with E-state index < -0.39 is 0 Å². The molecule has 3 atom stereocenters. The zero-order valence-corrected chi connectivity index (χ0v) is 12.8. The zero-order valence-electron chi connectivity index (χ0n) is 12.8. The van der Waals surface area contributed by atoms with Crippen LogP contribution in [-0.2, 0) is 0 Å². The second-order valence-electron chi connectivity index (χ2n) is 5.88. The van der Waals surface area contributed by atoms with Crippen LogP contribution >= 0.6 is 0 Å². The molecule has 3 nitrogen and oxygen atoms in total. The van der Waals surface area contributed by atoms with Crippen LogP contribution in [0.4, 0.5) is 4.39 Å². The number of hydrogen-bond acceptors (Lipinski definition) is 3. The summed E-state index contributed by atoms with van der Waals surface area (Å²) in [7, 11) is 3.74. The van der Waals surface area contributed by atoms with Crippen molar-refractivity contribution in [1.29, 1.82) is 0 Å². The Morgan fingerprint density at radius 3 is 2.85 bits per heavy atom. The van der Waals surface area contributed by atoms with E-state index in [-0.39, 0.29) is 11.9 Å². The Morgan fingerprint density at radius 2 is 2.20 bits per heavy atom. The van der Waals surface area contributed by atoms with Crippen molar-refractivity contribution in [3.8, 4) is 5.75 Å². The van der Waals surface area contributed by atoms with Crippen molar-refractivity contribution in [1.82, 2.24) is 10.2 Å². The number of piperidine rings is 1. The molecule has 0 amide bonds. The molecule has 1 fully saturated rings. The van der Waals surface area contributed by atoms with Crippen LogP contribution in [0.2, 0.25) is 0 Å². The minimum absolute atomic E-state index is 0.0537. The maximum absolute atomic E-state index is 14.1. The van der Waals surface area contributed by atoms with Crippen LogP contribution in [0.3, 0.4) is 0 Å². The van der Waals surface area contributed by atoms with E-state index in [9.17, 15) is 4.39 Å². The highest BCUT2D eigenvalue weighted by molar-refractivity contribution is 5.37. The summed E-state index contributed by atoms with van der Waals surface area (Å²) < 4.78 is 19.4. The van der Waals surface area contributed by atoms with Gasteiger partial charge in [0.15, 0.2) is 0 Å². The van der Waals surface area contributed by atoms with Gasteiger partial charge in [-0.25, -0.2) is 4.39 Å². The SMILES string of the molecule is COc1cccc(F)c1C(C)NC1CCN(C)CC1C. The lowest BCUT2D eigenvalue weighted by molar-refractivity contribution is 0.167. The number of nitrogens with one attached hydrogen (secondary N) is 1. The number of methoxy groups -OCH3 is 1. The summed E-state index contributed by atoms with van der Waals surface area (Å²) in [5.74, 6) is 0.976. The van der Waals surface area contributed by atoms with Crippen LogP contribution in [0, 0.1) is 11.7 Å². The zero-order chi connectivity index (χ0) is 14.7. The van der Waals surface area contributed by atoms with Gasteiger partial charge in [0.05, 0.1) is 7.11 Å². The molecule has 1 aliphatic rings. The highest BCUT2D eigenvalue weighted by Gasteiger charge is 2.27. The fraction of sp³-hybridized carbons (Fsp3) is 0.625. The molecule has 0 saturated carbocycles. The predicted octanol–water partition coefficient (Wildman–Crippen LogP) is 2.83. The minimum atomic E-state index is -0.204. The van der Waals surface area contributed by atoms with E-state index in [1.165, 1.54) is 6.07 Å². The summed E-state index contributed by atoms with van der Waals surface area (Å²) in [6.45, 7) is 6.42. The Bertz CT molecular complexity index is 452. The van der Waals surface area contributed by atoms with Crippen molar-refractivity contribution < 1.29 is 9.13 Å². The highest BCUT2D eigenvalue weighted by Crippen LogP contribution is 2.29. The number of nitrogens with zero attached hydrogens (tertiary/aromatic N) is 1. The molecule has 0 spiro atoms. The number of halogens is 1. The number of likely N-dealkylation sites (tertiary alicyclic amines) is 1. The van der Waals surface area contributed by atoms with E-state index in [1.54, 1.807) is 13.2 Å². The third kappa shape index (κ3) is 3.30. The second kappa shape index (κ2) is 6.55. The van der Waals surface area contributed by atoms with Crippen molar-refractivity contribution in [2.75, 3.05) is 27.2 Å². The lowest BCUT2D eigenvalue weighted by Crippen LogP contribution is -2.47.